The maximum absolute atomic E-state index is 12.7. The second kappa shape index (κ2) is 6.78. The number of alkyl halides is 6. The maximum Gasteiger partial charge on any atom is 0.416 e. The van der Waals surface area contributed by atoms with E-state index in [9.17, 15) is 31.4 Å². The first-order valence-electron chi connectivity index (χ1n) is 7.94. The van der Waals surface area contributed by atoms with E-state index in [0.29, 0.717) is 0 Å². The number of aromatic hydroxyl groups is 1. The lowest BCUT2D eigenvalue weighted by Crippen LogP contribution is -2.04. The number of benzene rings is 3. The van der Waals surface area contributed by atoms with Crippen LogP contribution in [0.15, 0.2) is 60.7 Å². The highest BCUT2D eigenvalue weighted by Gasteiger charge is 2.31. The average Bonchev–Trinajstić information content (AvgIpc) is 2.62. The van der Waals surface area contributed by atoms with Crippen LogP contribution >= 0.6 is 0 Å². The summed E-state index contributed by atoms with van der Waals surface area (Å²) in [5, 5.41) is 10.6. The van der Waals surface area contributed by atoms with Crippen molar-refractivity contribution < 1.29 is 31.4 Å². The molecule has 146 valence electrons. The van der Waals surface area contributed by atoms with Crippen LogP contribution in [0.1, 0.15) is 11.1 Å². The lowest BCUT2D eigenvalue weighted by Gasteiger charge is -2.14. The van der Waals surface area contributed by atoms with Gasteiger partial charge in [-0.3, -0.25) is 0 Å². The quantitative estimate of drug-likeness (QED) is 0.301. The normalized spacial score (nSPS) is 12.2. The Morgan fingerprint density at radius 3 is 1.21 bits per heavy atom. The molecule has 0 heterocycles. The molecule has 0 unspecified atom stereocenters. The van der Waals surface area contributed by atoms with Gasteiger partial charge in [-0.2, -0.15) is 26.3 Å². The third-order valence-corrected chi connectivity index (χ3v) is 4.18. The van der Waals surface area contributed by atoms with E-state index >= 15 is 0 Å². The minimum Gasteiger partial charge on any atom is -0.507 e. The van der Waals surface area contributed by atoms with Gasteiger partial charge in [0.05, 0.1) is 11.1 Å². The Morgan fingerprint density at radius 2 is 0.929 bits per heavy atom. The first kappa shape index (κ1) is 19.6. The molecule has 0 atom stereocenters. The molecular weight excluding hydrogens is 384 g/mol. The molecule has 0 aromatic heterocycles. The summed E-state index contributed by atoms with van der Waals surface area (Å²) < 4.78 is 76.3. The molecule has 3 rings (SSSR count). The van der Waals surface area contributed by atoms with Gasteiger partial charge in [-0.15, -0.1) is 0 Å². The van der Waals surface area contributed by atoms with E-state index in [2.05, 4.69) is 0 Å². The number of nitrogen functional groups attached to an aromatic ring is 1. The van der Waals surface area contributed by atoms with Gasteiger partial charge < -0.3 is 10.8 Å². The highest BCUT2D eigenvalue weighted by atomic mass is 19.4. The summed E-state index contributed by atoms with van der Waals surface area (Å²) in [7, 11) is 0. The van der Waals surface area contributed by atoms with Gasteiger partial charge in [0.15, 0.2) is 0 Å². The van der Waals surface area contributed by atoms with E-state index in [1.165, 1.54) is 36.4 Å². The van der Waals surface area contributed by atoms with Crippen LogP contribution < -0.4 is 5.73 Å². The van der Waals surface area contributed by atoms with E-state index in [4.69, 9.17) is 5.73 Å². The van der Waals surface area contributed by atoms with Crippen molar-refractivity contribution in [3.8, 4) is 28.0 Å². The second-order valence-electron chi connectivity index (χ2n) is 6.11. The Kier molecular flexibility index (Phi) is 4.74. The summed E-state index contributed by atoms with van der Waals surface area (Å²) in [6, 6.07) is 11.0. The Labute approximate surface area is 155 Å². The summed E-state index contributed by atoms with van der Waals surface area (Å²) >= 11 is 0. The summed E-state index contributed by atoms with van der Waals surface area (Å²) in [6.07, 6.45) is -9.00. The third kappa shape index (κ3) is 3.90. The van der Waals surface area contributed by atoms with Crippen LogP contribution in [0.3, 0.4) is 0 Å². The summed E-state index contributed by atoms with van der Waals surface area (Å²) in [6.45, 7) is 0. The molecule has 0 saturated carbocycles. The van der Waals surface area contributed by atoms with Crippen molar-refractivity contribution in [1.82, 2.24) is 0 Å². The maximum atomic E-state index is 12.7. The van der Waals surface area contributed by atoms with Crippen molar-refractivity contribution >= 4 is 5.69 Å². The Balaban J connectivity index is 2.05. The second-order valence-corrected chi connectivity index (χ2v) is 6.11. The molecule has 0 aliphatic carbocycles. The number of phenolic OH excluding ortho intramolecular Hbond substituents is 1. The summed E-state index contributed by atoms with van der Waals surface area (Å²) in [4.78, 5) is 0. The Bertz CT molecular complexity index is 911. The van der Waals surface area contributed by atoms with Gasteiger partial charge in [-0.25, -0.2) is 0 Å². The molecular formula is C20H13F6NO. The largest absolute Gasteiger partial charge is 0.507 e. The number of nitrogens with two attached hydrogens (primary N) is 1. The predicted octanol–water partition coefficient (Wildman–Crippen LogP) is 6.35. The first-order chi connectivity index (χ1) is 13.0. The van der Waals surface area contributed by atoms with Crippen molar-refractivity contribution in [2.45, 2.75) is 12.4 Å². The monoisotopic (exact) mass is 397 g/mol. The smallest absolute Gasteiger partial charge is 0.416 e. The molecule has 3 aromatic carbocycles. The number of anilines is 1. The molecule has 3 N–H and O–H groups in total. The molecule has 8 heteroatoms. The number of hydrogen-bond acceptors (Lipinski definition) is 2. The first-order valence-corrected chi connectivity index (χ1v) is 7.94. The topological polar surface area (TPSA) is 46.2 Å². The van der Waals surface area contributed by atoms with E-state index in [1.54, 1.807) is 0 Å². The van der Waals surface area contributed by atoms with Crippen molar-refractivity contribution in [3.05, 3.63) is 71.8 Å². The predicted molar refractivity (Wildman–Crippen MR) is 93.4 cm³/mol. The van der Waals surface area contributed by atoms with Gasteiger partial charge in [0.25, 0.3) is 0 Å². The van der Waals surface area contributed by atoms with Crippen LogP contribution in [0, 0.1) is 0 Å². The van der Waals surface area contributed by atoms with Crippen LogP contribution in [0.2, 0.25) is 0 Å². The highest BCUT2D eigenvalue weighted by molar-refractivity contribution is 5.85. The van der Waals surface area contributed by atoms with Gasteiger partial charge in [-0.05, 0) is 47.5 Å². The molecule has 0 bridgehead atoms. The average molecular weight is 397 g/mol. The van der Waals surface area contributed by atoms with Crippen molar-refractivity contribution in [2.24, 2.45) is 0 Å². The number of rotatable bonds is 2. The minimum absolute atomic E-state index is 0.170. The van der Waals surface area contributed by atoms with Gasteiger partial charge in [0.1, 0.15) is 5.75 Å². The highest BCUT2D eigenvalue weighted by Crippen LogP contribution is 2.41. The summed E-state index contributed by atoms with van der Waals surface area (Å²) in [5.41, 5.74) is 5.24. The molecule has 2 nitrogen and oxygen atoms in total. The Morgan fingerprint density at radius 1 is 0.607 bits per heavy atom. The van der Waals surface area contributed by atoms with E-state index in [-0.39, 0.29) is 33.7 Å². The zero-order chi connectivity index (χ0) is 20.7. The van der Waals surface area contributed by atoms with Crippen LogP contribution in [-0.4, -0.2) is 5.11 Å². The lowest BCUT2D eigenvalue weighted by atomic mass is 9.95. The van der Waals surface area contributed by atoms with Gasteiger partial charge >= 0.3 is 12.4 Å². The Hall–Kier alpha value is -3.16. The molecule has 3 aromatic rings. The third-order valence-electron chi connectivity index (χ3n) is 4.18. The zero-order valence-electron chi connectivity index (χ0n) is 14.1. The van der Waals surface area contributed by atoms with Crippen molar-refractivity contribution in [2.75, 3.05) is 5.73 Å². The van der Waals surface area contributed by atoms with Crippen LogP contribution in [0.4, 0.5) is 32.0 Å². The fourth-order valence-electron chi connectivity index (χ4n) is 2.77. The standard InChI is InChI=1S/C20H13F6NO/c21-19(22,23)13-5-1-11(2-6-13)16-9-15(27)10-17(18(16)28)12-3-7-14(8-4-12)20(24,25)26/h1-10,28H,27H2. The molecule has 0 aliphatic rings. The molecule has 0 spiro atoms. The van der Waals surface area contributed by atoms with Crippen LogP contribution in [0.5, 0.6) is 5.75 Å². The van der Waals surface area contributed by atoms with Gasteiger partial charge in [-0.1, -0.05) is 24.3 Å². The number of phenols is 1. The van der Waals surface area contributed by atoms with E-state index < -0.39 is 23.5 Å². The molecule has 0 fully saturated rings. The van der Waals surface area contributed by atoms with Crippen molar-refractivity contribution in [1.29, 1.82) is 0 Å². The van der Waals surface area contributed by atoms with Gasteiger partial charge in [0.2, 0.25) is 0 Å². The van der Waals surface area contributed by atoms with Crippen molar-refractivity contribution in [3.63, 3.8) is 0 Å². The van der Waals surface area contributed by atoms with Crippen LogP contribution in [-0.2, 0) is 12.4 Å². The number of hydrogen-bond donors (Lipinski definition) is 2. The fraction of sp³-hybridized carbons (Fsp3) is 0.100. The SMILES string of the molecule is Nc1cc(-c2ccc(C(F)(F)F)cc2)c(O)c(-c2ccc(C(F)(F)F)cc2)c1. The molecule has 0 amide bonds. The van der Waals surface area contributed by atoms with E-state index in [1.807, 2.05) is 0 Å². The summed E-state index contributed by atoms with van der Waals surface area (Å²) in [5.74, 6) is -0.297. The molecule has 0 radical (unpaired) electrons. The zero-order valence-corrected chi connectivity index (χ0v) is 14.1. The molecule has 28 heavy (non-hydrogen) atoms. The minimum atomic E-state index is -4.50. The van der Waals surface area contributed by atoms with E-state index in [0.717, 1.165) is 24.3 Å². The molecule has 0 aliphatic heterocycles. The fourth-order valence-corrected chi connectivity index (χ4v) is 2.77. The van der Waals surface area contributed by atoms with Gasteiger partial charge in [0, 0.05) is 16.8 Å². The lowest BCUT2D eigenvalue weighted by molar-refractivity contribution is -0.138. The number of halogens is 6. The van der Waals surface area contributed by atoms with Crippen LogP contribution in [0.25, 0.3) is 22.3 Å². The molecule has 0 saturated heterocycles.